The minimum absolute atomic E-state index is 0.108. The predicted octanol–water partition coefficient (Wildman–Crippen LogP) is 6.97. The number of furan rings is 1. The zero-order valence-corrected chi connectivity index (χ0v) is 15.7. The van der Waals surface area contributed by atoms with Gasteiger partial charge in [-0.3, -0.25) is 4.79 Å². The topological polar surface area (TPSA) is 30.2 Å². The summed E-state index contributed by atoms with van der Waals surface area (Å²) in [4.78, 5) is 14.6. The van der Waals surface area contributed by atoms with Gasteiger partial charge < -0.3 is 4.42 Å². The van der Waals surface area contributed by atoms with E-state index in [9.17, 15) is 4.79 Å². The van der Waals surface area contributed by atoms with E-state index in [4.69, 9.17) is 4.42 Å². The van der Waals surface area contributed by atoms with Crippen LogP contribution in [0.5, 0.6) is 0 Å². The van der Waals surface area contributed by atoms with Gasteiger partial charge in [0.05, 0.1) is 0 Å². The van der Waals surface area contributed by atoms with E-state index >= 15 is 0 Å². The lowest BCUT2D eigenvalue weighted by Crippen LogP contribution is -1.94. The van der Waals surface area contributed by atoms with Crippen LogP contribution in [-0.2, 0) is 6.42 Å². The molecule has 2 heterocycles. The molecule has 3 aromatic carbocycles. The van der Waals surface area contributed by atoms with Gasteiger partial charge >= 0.3 is 0 Å². The third-order valence-electron chi connectivity index (χ3n) is 6.08. The maximum absolute atomic E-state index is 13.2. The van der Waals surface area contributed by atoms with Crippen LogP contribution in [0.1, 0.15) is 32.8 Å². The summed E-state index contributed by atoms with van der Waals surface area (Å²) in [6.07, 6.45) is 6.66. The molecule has 7 rings (SSSR count). The second-order valence-corrected chi connectivity index (χ2v) is 8.64. The summed E-state index contributed by atoms with van der Waals surface area (Å²) in [6, 6.07) is 16.2. The van der Waals surface area contributed by atoms with Crippen LogP contribution >= 0.6 is 11.3 Å². The molecule has 0 saturated heterocycles. The first-order valence-electron chi connectivity index (χ1n) is 9.55. The number of rotatable bonds is 0. The number of benzene rings is 3. The molecule has 0 atom stereocenters. The number of hydrogen-bond acceptors (Lipinski definition) is 3. The molecule has 2 aliphatic carbocycles. The molecule has 2 nitrogen and oxygen atoms in total. The van der Waals surface area contributed by atoms with Crippen molar-refractivity contribution in [2.45, 2.75) is 12.8 Å². The minimum Gasteiger partial charge on any atom is -0.455 e. The molecule has 0 radical (unpaired) electrons. The molecule has 0 N–H and O–H groups in total. The van der Waals surface area contributed by atoms with Crippen LogP contribution in [0.15, 0.2) is 59.0 Å². The van der Waals surface area contributed by atoms with E-state index in [1.165, 1.54) is 20.5 Å². The normalized spacial score (nSPS) is 14.8. The first-order valence-corrected chi connectivity index (χ1v) is 10.4. The second kappa shape index (κ2) is 5.00. The Morgan fingerprint density at radius 3 is 2.61 bits per heavy atom. The summed E-state index contributed by atoms with van der Waals surface area (Å²) in [5.41, 5.74) is 6.63. The number of allylic oxidation sites excluding steroid dienone is 1. The number of carbonyl (C=O) groups is 1. The Morgan fingerprint density at radius 1 is 0.857 bits per heavy atom. The Labute approximate surface area is 164 Å². The molecule has 0 fully saturated rings. The third kappa shape index (κ3) is 1.67. The van der Waals surface area contributed by atoms with Crippen molar-refractivity contribution >= 4 is 55.2 Å². The van der Waals surface area contributed by atoms with Crippen LogP contribution in [0.2, 0.25) is 0 Å². The van der Waals surface area contributed by atoms with Crippen LogP contribution < -0.4 is 0 Å². The van der Waals surface area contributed by atoms with Crippen molar-refractivity contribution in [3.8, 4) is 11.1 Å². The zero-order valence-electron chi connectivity index (χ0n) is 14.9. The Bertz CT molecular complexity index is 1530. The highest BCUT2D eigenvalue weighted by molar-refractivity contribution is 7.20. The van der Waals surface area contributed by atoms with Crippen molar-refractivity contribution in [3.63, 3.8) is 0 Å². The molecule has 0 amide bonds. The van der Waals surface area contributed by atoms with Crippen LogP contribution in [0.4, 0.5) is 0 Å². The van der Waals surface area contributed by atoms with Gasteiger partial charge in [-0.25, -0.2) is 0 Å². The number of aryl methyl sites for hydroxylation is 1. The fourth-order valence-corrected chi connectivity index (χ4v) is 6.18. The van der Waals surface area contributed by atoms with E-state index in [1.54, 1.807) is 0 Å². The molecular weight excluding hydrogens is 364 g/mol. The van der Waals surface area contributed by atoms with Gasteiger partial charge in [0.15, 0.2) is 5.78 Å². The van der Waals surface area contributed by atoms with Crippen LogP contribution in [0.25, 0.3) is 49.2 Å². The molecular formula is C25H14O2S. The number of ketones is 1. The van der Waals surface area contributed by atoms with E-state index in [1.807, 2.05) is 47.7 Å². The second-order valence-electron chi connectivity index (χ2n) is 7.54. The van der Waals surface area contributed by atoms with E-state index in [-0.39, 0.29) is 5.78 Å². The smallest absolute Gasteiger partial charge is 0.194 e. The summed E-state index contributed by atoms with van der Waals surface area (Å²) < 4.78 is 7.51. The summed E-state index contributed by atoms with van der Waals surface area (Å²) in [6.45, 7) is 0. The summed E-state index contributed by atoms with van der Waals surface area (Å²) in [7, 11) is 0. The van der Waals surface area contributed by atoms with E-state index < -0.39 is 0 Å². The first kappa shape index (κ1) is 14.8. The Balaban J connectivity index is 1.68. The van der Waals surface area contributed by atoms with Crippen LogP contribution in [0.3, 0.4) is 0 Å². The number of para-hydroxylation sites is 1. The standard InChI is InChI=1S/C25H14O2S/c26-23-17-11-9-15-13-5-1-3-7-19(13)27-24(15)21(17)22-18(23)12-10-16-14-6-2-4-8-20(14)28-25(16)22/h1-3,5-7,9-12H,4,8H2. The lowest BCUT2D eigenvalue weighted by molar-refractivity contribution is 0.104. The molecule has 0 bridgehead atoms. The average Bonchev–Trinajstić information content (AvgIpc) is 3.38. The van der Waals surface area contributed by atoms with Crippen LogP contribution in [0, 0.1) is 0 Å². The molecule has 28 heavy (non-hydrogen) atoms. The molecule has 132 valence electrons. The maximum Gasteiger partial charge on any atom is 0.194 e. The molecule has 2 aromatic heterocycles. The minimum atomic E-state index is 0.108. The Hall–Kier alpha value is -3.17. The number of hydrogen-bond donors (Lipinski definition) is 0. The molecule has 3 heteroatoms. The lowest BCUT2D eigenvalue weighted by atomic mass is 9.98. The predicted molar refractivity (Wildman–Crippen MR) is 115 cm³/mol. The van der Waals surface area contributed by atoms with Crippen LogP contribution in [-0.4, -0.2) is 5.78 Å². The van der Waals surface area contributed by atoms with Crippen molar-refractivity contribution in [1.29, 1.82) is 0 Å². The van der Waals surface area contributed by atoms with Gasteiger partial charge in [-0.15, -0.1) is 11.3 Å². The third-order valence-corrected chi connectivity index (χ3v) is 7.38. The Morgan fingerprint density at radius 2 is 1.68 bits per heavy atom. The van der Waals surface area contributed by atoms with Crippen molar-refractivity contribution < 1.29 is 9.21 Å². The van der Waals surface area contributed by atoms with Gasteiger partial charge in [0.2, 0.25) is 0 Å². The number of thiophene rings is 1. The van der Waals surface area contributed by atoms with E-state index in [0.29, 0.717) is 0 Å². The van der Waals surface area contributed by atoms with Gasteiger partial charge in [0.25, 0.3) is 0 Å². The summed E-state index contributed by atoms with van der Waals surface area (Å²) in [5, 5.41) is 3.43. The maximum atomic E-state index is 13.2. The molecule has 0 aliphatic heterocycles. The highest BCUT2D eigenvalue weighted by Gasteiger charge is 2.33. The highest BCUT2D eigenvalue weighted by atomic mass is 32.1. The fourth-order valence-electron chi connectivity index (χ4n) is 4.82. The van der Waals surface area contributed by atoms with Crippen molar-refractivity contribution in [2.24, 2.45) is 0 Å². The monoisotopic (exact) mass is 378 g/mol. The van der Waals surface area contributed by atoms with Gasteiger partial charge in [0.1, 0.15) is 11.2 Å². The molecule has 0 unspecified atom stereocenters. The molecule has 0 spiro atoms. The van der Waals surface area contributed by atoms with E-state index in [2.05, 4.69) is 24.3 Å². The number of fused-ring (bicyclic) bond motifs is 11. The summed E-state index contributed by atoms with van der Waals surface area (Å²) >= 11 is 1.84. The van der Waals surface area contributed by atoms with Crippen molar-refractivity contribution in [2.75, 3.05) is 0 Å². The Kier molecular flexibility index (Phi) is 2.65. The lowest BCUT2D eigenvalue weighted by Gasteiger charge is -2.04. The van der Waals surface area contributed by atoms with Crippen molar-refractivity contribution in [3.05, 3.63) is 76.2 Å². The van der Waals surface area contributed by atoms with Gasteiger partial charge in [-0.2, -0.15) is 0 Å². The fraction of sp³-hybridized carbons (Fsp3) is 0.0800. The zero-order chi connectivity index (χ0) is 18.4. The molecule has 5 aromatic rings. The van der Waals surface area contributed by atoms with Gasteiger partial charge in [-0.05, 0) is 42.7 Å². The quantitative estimate of drug-likeness (QED) is 0.286. The summed E-state index contributed by atoms with van der Waals surface area (Å²) in [5.74, 6) is 0.108. The largest absolute Gasteiger partial charge is 0.455 e. The first-order chi connectivity index (χ1) is 13.8. The van der Waals surface area contributed by atoms with E-state index in [0.717, 1.165) is 57.0 Å². The highest BCUT2D eigenvalue weighted by Crippen LogP contribution is 2.50. The van der Waals surface area contributed by atoms with Gasteiger partial charge in [-0.1, -0.05) is 36.4 Å². The molecule has 2 aliphatic rings. The SMILES string of the molecule is O=C1c2ccc3c(oc4ccccc43)c2-c2c1ccc1c3c(sc21)CCC=C3. The number of carbonyl (C=O) groups excluding carboxylic acids is 1. The molecule has 0 saturated carbocycles. The van der Waals surface area contributed by atoms with Crippen molar-refractivity contribution in [1.82, 2.24) is 0 Å². The average molecular weight is 378 g/mol. The van der Waals surface area contributed by atoms with Gasteiger partial charge in [0, 0.05) is 48.0 Å².